The van der Waals surface area contributed by atoms with Crippen molar-refractivity contribution in [2.45, 2.75) is 45.6 Å². The van der Waals surface area contributed by atoms with Gasteiger partial charge in [-0.2, -0.15) is 5.10 Å². The fourth-order valence-corrected chi connectivity index (χ4v) is 3.53. The van der Waals surface area contributed by atoms with Crippen LogP contribution in [0.3, 0.4) is 0 Å². The molecule has 4 nitrogen and oxygen atoms in total. The summed E-state index contributed by atoms with van der Waals surface area (Å²) in [6.07, 6.45) is 4.81. The van der Waals surface area contributed by atoms with Gasteiger partial charge in [0.15, 0.2) is 0 Å². The van der Waals surface area contributed by atoms with E-state index in [2.05, 4.69) is 10.4 Å². The summed E-state index contributed by atoms with van der Waals surface area (Å²) in [4.78, 5) is 14.2. The first kappa shape index (κ1) is 13.4. The minimum Gasteiger partial charge on any atom is -0.306 e. The highest BCUT2D eigenvalue weighted by Crippen LogP contribution is 2.32. The third-order valence-electron chi connectivity index (χ3n) is 3.73. The maximum Gasteiger partial charge on any atom is 0.266 e. The number of amides is 1. The minimum atomic E-state index is -0.0396. The Hall–Kier alpha value is -1.62. The highest BCUT2D eigenvalue weighted by Gasteiger charge is 2.22. The van der Waals surface area contributed by atoms with Gasteiger partial charge in [0.25, 0.3) is 5.91 Å². The molecule has 0 saturated heterocycles. The average molecular weight is 289 g/mol. The molecule has 5 heteroatoms. The Morgan fingerprint density at radius 2 is 2.10 bits per heavy atom. The molecule has 0 aliphatic heterocycles. The third kappa shape index (κ3) is 2.63. The van der Waals surface area contributed by atoms with E-state index >= 15 is 0 Å². The summed E-state index contributed by atoms with van der Waals surface area (Å²) >= 11 is 1.52. The molecule has 0 unspecified atom stereocenters. The second-order valence-electron chi connectivity index (χ2n) is 5.42. The lowest BCUT2D eigenvalue weighted by molar-refractivity contribution is 0.102. The first-order chi connectivity index (χ1) is 9.63. The molecule has 1 saturated carbocycles. The lowest BCUT2D eigenvalue weighted by atomic mass is 10.2. The Bertz CT molecular complexity index is 623. The second kappa shape index (κ2) is 5.40. The second-order valence-corrected chi connectivity index (χ2v) is 6.71. The predicted molar refractivity (Wildman–Crippen MR) is 81.5 cm³/mol. The van der Waals surface area contributed by atoms with Crippen molar-refractivity contribution in [1.82, 2.24) is 9.78 Å². The van der Waals surface area contributed by atoms with Crippen molar-refractivity contribution in [1.29, 1.82) is 0 Å². The van der Waals surface area contributed by atoms with E-state index in [9.17, 15) is 4.79 Å². The van der Waals surface area contributed by atoms with Gasteiger partial charge in [-0.05, 0) is 38.8 Å². The van der Waals surface area contributed by atoms with E-state index in [0.29, 0.717) is 6.04 Å². The normalized spacial score (nSPS) is 15.7. The minimum absolute atomic E-state index is 0.0396. The summed E-state index contributed by atoms with van der Waals surface area (Å²) in [5.41, 5.74) is 0.953. The molecule has 1 N–H and O–H groups in total. The van der Waals surface area contributed by atoms with Crippen molar-refractivity contribution >= 4 is 23.1 Å². The van der Waals surface area contributed by atoms with Crippen molar-refractivity contribution in [3.8, 4) is 0 Å². The number of hydrogen-bond acceptors (Lipinski definition) is 3. The molecule has 2 aromatic heterocycles. The number of nitrogens with one attached hydrogen (secondary N) is 1. The quantitative estimate of drug-likeness (QED) is 0.930. The van der Waals surface area contributed by atoms with Crippen LogP contribution in [0.2, 0.25) is 0 Å². The van der Waals surface area contributed by atoms with Crippen LogP contribution < -0.4 is 5.32 Å². The molecule has 1 aliphatic carbocycles. The summed E-state index contributed by atoms with van der Waals surface area (Å²) in [5, 5.41) is 7.56. The molecule has 106 valence electrons. The highest BCUT2D eigenvalue weighted by atomic mass is 32.1. The van der Waals surface area contributed by atoms with Crippen molar-refractivity contribution in [3.63, 3.8) is 0 Å². The van der Waals surface area contributed by atoms with E-state index in [4.69, 9.17) is 0 Å². The van der Waals surface area contributed by atoms with Gasteiger partial charge >= 0.3 is 0 Å². The number of nitrogens with zero attached hydrogens (tertiary/aromatic N) is 2. The van der Waals surface area contributed by atoms with Gasteiger partial charge in [0.1, 0.15) is 5.82 Å². The third-order valence-corrected chi connectivity index (χ3v) is 4.73. The van der Waals surface area contributed by atoms with Crippen LogP contribution in [0.15, 0.2) is 18.2 Å². The molecule has 0 atom stereocenters. The standard InChI is InChI=1S/C15H19N3OS/c1-10-9-14(18(17-10)12-5-3-4-6-12)16-15(19)13-8-7-11(2)20-13/h7-9,12H,3-6H2,1-2H3,(H,16,19). The topological polar surface area (TPSA) is 46.9 Å². The summed E-state index contributed by atoms with van der Waals surface area (Å²) in [5.74, 6) is 0.785. The summed E-state index contributed by atoms with van der Waals surface area (Å²) < 4.78 is 2.00. The molecular formula is C15H19N3OS. The number of hydrogen-bond donors (Lipinski definition) is 1. The zero-order valence-corrected chi connectivity index (χ0v) is 12.7. The van der Waals surface area contributed by atoms with E-state index in [1.54, 1.807) is 0 Å². The lowest BCUT2D eigenvalue weighted by Gasteiger charge is -2.14. The first-order valence-corrected chi connectivity index (χ1v) is 7.89. The van der Waals surface area contributed by atoms with Crippen molar-refractivity contribution < 1.29 is 4.79 Å². The SMILES string of the molecule is Cc1cc(NC(=O)c2ccc(C)s2)n(C2CCCC2)n1. The lowest BCUT2D eigenvalue weighted by Crippen LogP contribution is -2.16. The maximum absolute atomic E-state index is 12.3. The molecule has 2 heterocycles. The molecule has 1 aliphatic rings. The van der Waals surface area contributed by atoms with Gasteiger partial charge in [-0.1, -0.05) is 12.8 Å². The van der Waals surface area contributed by atoms with E-state index in [1.165, 1.54) is 24.2 Å². The van der Waals surface area contributed by atoms with Gasteiger partial charge in [-0.25, -0.2) is 4.68 Å². The maximum atomic E-state index is 12.3. The van der Waals surface area contributed by atoms with Crippen molar-refractivity contribution in [2.75, 3.05) is 5.32 Å². The van der Waals surface area contributed by atoms with Crippen LogP contribution in [0.5, 0.6) is 0 Å². The van der Waals surface area contributed by atoms with Crippen molar-refractivity contribution in [3.05, 3.63) is 33.6 Å². The van der Waals surface area contributed by atoms with E-state index in [1.807, 2.05) is 36.7 Å². The number of anilines is 1. The van der Waals surface area contributed by atoms with Gasteiger partial charge in [0, 0.05) is 10.9 Å². The van der Waals surface area contributed by atoms with Crippen molar-refractivity contribution in [2.24, 2.45) is 0 Å². The zero-order valence-electron chi connectivity index (χ0n) is 11.8. The molecule has 0 bridgehead atoms. The number of thiophene rings is 1. The molecule has 2 aromatic rings. The Labute approximate surface area is 122 Å². The highest BCUT2D eigenvalue weighted by molar-refractivity contribution is 7.14. The van der Waals surface area contributed by atoms with Gasteiger partial charge in [-0.15, -0.1) is 11.3 Å². The van der Waals surface area contributed by atoms with Gasteiger partial charge < -0.3 is 5.32 Å². The Balaban J connectivity index is 1.81. The molecule has 0 spiro atoms. The molecule has 1 amide bonds. The number of aryl methyl sites for hydroxylation is 2. The fraction of sp³-hybridized carbons (Fsp3) is 0.467. The monoisotopic (exact) mass is 289 g/mol. The Morgan fingerprint density at radius 3 is 2.75 bits per heavy atom. The van der Waals surface area contributed by atoms with E-state index < -0.39 is 0 Å². The predicted octanol–water partition coefficient (Wildman–Crippen LogP) is 3.93. The number of aromatic nitrogens is 2. The van der Waals surface area contributed by atoms with Crippen LogP contribution >= 0.6 is 11.3 Å². The van der Waals surface area contributed by atoms with Crippen LogP contribution in [0.25, 0.3) is 0 Å². The van der Waals surface area contributed by atoms with Gasteiger partial charge in [0.2, 0.25) is 0 Å². The Morgan fingerprint density at radius 1 is 1.35 bits per heavy atom. The molecular weight excluding hydrogens is 270 g/mol. The summed E-state index contributed by atoms with van der Waals surface area (Å²) in [6.45, 7) is 3.98. The fourth-order valence-electron chi connectivity index (χ4n) is 2.77. The molecule has 0 radical (unpaired) electrons. The van der Waals surface area contributed by atoms with Gasteiger partial charge in [0.05, 0.1) is 16.6 Å². The van der Waals surface area contributed by atoms with E-state index in [0.717, 1.165) is 34.1 Å². The zero-order chi connectivity index (χ0) is 14.1. The molecule has 20 heavy (non-hydrogen) atoms. The average Bonchev–Trinajstić information content (AvgIpc) is 3.09. The first-order valence-electron chi connectivity index (χ1n) is 7.07. The Kier molecular flexibility index (Phi) is 3.61. The van der Waals surface area contributed by atoms with Crippen LogP contribution in [0.1, 0.15) is 52.0 Å². The largest absolute Gasteiger partial charge is 0.306 e. The van der Waals surface area contributed by atoms with Crippen LogP contribution in [-0.4, -0.2) is 15.7 Å². The van der Waals surface area contributed by atoms with Crippen LogP contribution in [0.4, 0.5) is 5.82 Å². The summed E-state index contributed by atoms with van der Waals surface area (Å²) in [7, 11) is 0. The van der Waals surface area contributed by atoms with Gasteiger partial charge in [-0.3, -0.25) is 4.79 Å². The summed E-state index contributed by atoms with van der Waals surface area (Å²) in [6, 6.07) is 6.23. The van der Waals surface area contributed by atoms with Crippen LogP contribution in [0, 0.1) is 13.8 Å². The molecule has 3 rings (SSSR count). The number of carbonyl (C=O) groups is 1. The van der Waals surface area contributed by atoms with E-state index in [-0.39, 0.29) is 5.91 Å². The molecule has 0 aromatic carbocycles. The number of carbonyl (C=O) groups excluding carboxylic acids is 1. The number of rotatable bonds is 3. The van der Waals surface area contributed by atoms with Crippen LogP contribution in [-0.2, 0) is 0 Å². The smallest absolute Gasteiger partial charge is 0.266 e. The molecule has 1 fully saturated rings.